The van der Waals surface area contributed by atoms with Gasteiger partial charge in [-0.25, -0.2) is 4.79 Å². The van der Waals surface area contributed by atoms with Crippen LogP contribution in [0.4, 0.5) is 11.4 Å². The molecule has 2 N–H and O–H groups in total. The van der Waals surface area contributed by atoms with Crippen LogP contribution in [0.5, 0.6) is 0 Å². The summed E-state index contributed by atoms with van der Waals surface area (Å²) in [4.78, 5) is 22.5. The van der Waals surface area contributed by atoms with Gasteiger partial charge in [0, 0.05) is 22.7 Å². The molecular weight excluding hydrogens is 372 g/mol. The Balaban J connectivity index is 2.07. The van der Waals surface area contributed by atoms with E-state index in [0.29, 0.717) is 22.4 Å². The van der Waals surface area contributed by atoms with Crippen molar-refractivity contribution in [1.82, 2.24) is 0 Å². The second-order valence-electron chi connectivity index (χ2n) is 7.06. The quantitative estimate of drug-likeness (QED) is 0.461. The summed E-state index contributed by atoms with van der Waals surface area (Å²) in [6, 6.07) is 9.09. The fraction of sp³-hybridized carbons (Fsp3) is 0.316. The van der Waals surface area contributed by atoms with Crippen molar-refractivity contribution in [3.8, 4) is 0 Å². The fourth-order valence-electron chi connectivity index (χ4n) is 3.43. The molecule has 27 heavy (non-hydrogen) atoms. The van der Waals surface area contributed by atoms with Crippen LogP contribution < -0.4 is 5.32 Å². The summed E-state index contributed by atoms with van der Waals surface area (Å²) in [7, 11) is 1.30. The Morgan fingerprint density at radius 3 is 2.63 bits per heavy atom. The number of nitrogens with one attached hydrogen (secondary N) is 1. The second-order valence-corrected chi connectivity index (χ2v) is 7.47. The van der Waals surface area contributed by atoms with Gasteiger partial charge in [0.2, 0.25) is 0 Å². The predicted octanol–water partition coefficient (Wildman–Crippen LogP) is 4.26. The van der Waals surface area contributed by atoms with Gasteiger partial charge < -0.3 is 15.2 Å². The van der Waals surface area contributed by atoms with E-state index in [2.05, 4.69) is 5.32 Å². The molecule has 0 aliphatic carbocycles. The van der Waals surface area contributed by atoms with Crippen LogP contribution in [-0.2, 0) is 4.74 Å². The third-order valence-electron chi connectivity index (χ3n) is 5.02. The first-order chi connectivity index (χ1) is 12.7. The standard InChI is InChI=1S/C19H19ClN2O5/c1-19(2)16(10-4-6-13(20)15(9-10)22(25)26)21-14-7-5-11(18(24)27-3)8-12(14)17(19)23/h4-9,16-17,21,23H,1-3H3. The number of nitrogens with zero attached hydrogens (tertiary/aromatic N) is 1. The molecular formula is C19H19ClN2O5. The van der Waals surface area contributed by atoms with Crippen LogP contribution >= 0.6 is 11.6 Å². The lowest BCUT2D eigenvalue weighted by molar-refractivity contribution is -0.384. The fourth-order valence-corrected chi connectivity index (χ4v) is 3.61. The average molecular weight is 391 g/mol. The van der Waals surface area contributed by atoms with E-state index >= 15 is 0 Å². The van der Waals surface area contributed by atoms with Crippen LogP contribution in [0.25, 0.3) is 0 Å². The number of anilines is 1. The predicted molar refractivity (Wildman–Crippen MR) is 101 cm³/mol. The zero-order chi connectivity index (χ0) is 19.9. The molecule has 0 aromatic heterocycles. The van der Waals surface area contributed by atoms with Crippen LogP contribution in [0.1, 0.15) is 47.5 Å². The largest absolute Gasteiger partial charge is 0.465 e. The molecule has 8 heteroatoms. The number of hydrogen-bond donors (Lipinski definition) is 2. The minimum Gasteiger partial charge on any atom is -0.465 e. The second kappa shape index (κ2) is 6.83. The van der Waals surface area contributed by atoms with Gasteiger partial charge in [0.1, 0.15) is 5.02 Å². The maximum absolute atomic E-state index is 11.8. The van der Waals surface area contributed by atoms with E-state index in [9.17, 15) is 20.0 Å². The number of halogens is 1. The first kappa shape index (κ1) is 19.1. The molecule has 0 saturated heterocycles. The summed E-state index contributed by atoms with van der Waals surface area (Å²) >= 11 is 5.92. The summed E-state index contributed by atoms with van der Waals surface area (Å²) in [5.41, 5.74) is 1.29. The van der Waals surface area contributed by atoms with Crippen molar-refractivity contribution in [2.24, 2.45) is 5.41 Å². The van der Waals surface area contributed by atoms with Crippen LogP contribution in [0.15, 0.2) is 36.4 Å². The first-order valence-corrected chi connectivity index (χ1v) is 8.65. The van der Waals surface area contributed by atoms with E-state index in [-0.39, 0.29) is 10.7 Å². The lowest BCUT2D eigenvalue weighted by Crippen LogP contribution is -2.38. The van der Waals surface area contributed by atoms with Gasteiger partial charge in [0.15, 0.2) is 0 Å². The molecule has 142 valence electrons. The molecule has 0 amide bonds. The SMILES string of the molecule is COC(=O)c1ccc2c(c1)C(O)C(C)(C)C(c1ccc(Cl)c([N+](=O)[O-])c1)N2. The maximum Gasteiger partial charge on any atom is 0.337 e. The van der Waals surface area contributed by atoms with Gasteiger partial charge in [-0.05, 0) is 29.8 Å². The van der Waals surface area contributed by atoms with Crippen LogP contribution in [0.3, 0.4) is 0 Å². The number of fused-ring (bicyclic) bond motifs is 1. The van der Waals surface area contributed by atoms with Gasteiger partial charge in [0.05, 0.1) is 29.7 Å². The van der Waals surface area contributed by atoms with Crippen molar-refractivity contribution in [1.29, 1.82) is 0 Å². The number of hydrogen-bond acceptors (Lipinski definition) is 6. The molecule has 7 nitrogen and oxygen atoms in total. The summed E-state index contributed by atoms with van der Waals surface area (Å²) in [5, 5.41) is 25.6. The van der Waals surface area contributed by atoms with Gasteiger partial charge in [-0.2, -0.15) is 0 Å². The molecule has 2 unspecified atom stereocenters. The lowest BCUT2D eigenvalue weighted by atomic mass is 9.70. The summed E-state index contributed by atoms with van der Waals surface area (Å²) in [6.07, 6.45) is -0.905. The Morgan fingerprint density at radius 2 is 2.00 bits per heavy atom. The van der Waals surface area contributed by atoms with Crippen LogP contribution in [-0.4, -0.2) is 23.1 Å². The van der Waals surface area contributed by atoms with E-state index in [1.54, 1.807) is 24.3 Å². The van der Waals surface area contributed by atoms with Crippen molar-refractivity contribution < 1.29 is 19.6 Å². The monoisotopic (exact) mass is 390 g/mol. The number of rotatable bonds is 3. The van der Waals surface area contributed by atoms with Gasteiger partial charge in [-0.15, -0.1) is 0 Å². The highest BCUT2D eigenvalue weighted by Gasteiger charge is 2.43. The molecule has 1 aliphatic heterocycles. The average Bonchev–Trinajstić information content (AvgIpc) is 2.64. The number of esters is 1. The highest BCUT2D eigenvalue weighted by Crippen LogP contribution is 2.52. The van der Waals surface area contributed by atoms with E-state index in [4.69, 9.17) is 16.3 Å². The zero-order valence-electron chi connectivity index (χ0n) is 15.0. The number of carbonyl (C=O) groups excluding carboxylic acids is 1. The number of aliphatic hydroxyl groups excluding tert-OH is 1. The van der Waals surface area contributed by atoms with Crippen molar-refractivity contribution in [2.75, 3.05) is 12.4 Å². The van der Waals surface area contributed by atoms with Crippen molar-refractivity contribution in [2.45, 2.75) is 26.0 Å². The topological polar surface area (TPSA) is 102 Å². The molecule has 2 aromatic carbocycles. The molecule has 2 aromatic rings. The molecule has 1 aliphatic rings. The number of methoxy groups -OCH3 is 1. The van der Waals surface area contributed by atoms with Crippen molar-refractivity contribution in [3.05, 3.63) is 68.2 Å². The Kier molecular flexibility index (Phi) is 4.84. The zero-order valence-corrected chi connectivity index (χ0v) is 15.8. The number of aliphatic hydroxyl groups is 1. The number of ether oxygens (including phenoxy) is 1. The van der Waals surface area contributed by atoms with E-state index in [1.165, 1.54) is 19.2 Å². The molecule has 0 bridgehead atoms. The molecule has 0 fully saturated rings. The van der Waals surface area contributed by atoms with Gasteiger partial charge in [-0.3, -0.25) is 10.1 Å². The Morgan fingerprint density at radius 1 is 1.30 bits per heavy atom. The first-order valence-electron chi connectivity index (χ1n) is 8.27. The van der Waals surface area contributed by atoms with Crippen LogP contribution in [0.2, 0.25) is 5.02 Å². The number of nitro benzene ring substituents is 1. The van der Waals surface area contributed by atoms with Crippen molar-refractivity contribution in [3.63, 3.8) is 0 Å². The summed E-state index contributed by atoms with van der Waals surface area (Å²) in [6.45, 7) is 3.70. The highest BCUT2D eigenvalue weighted by molar-refractivity contribution is 6.32. The highest BCUT2D eigenvalue weighted by atomic mass is 35.5. The maximum atomic E-state index is 11.8. The van der Waals surface area contributed by atoms with Crippen molar-refractivity contribution >= 4 is 28.9 Å². The molecule has 3 rings (SSSR count). The van der Waals surface area contributed by atoms with Gasteiger partial charge in [0.25, 0.3) is 5.69 Å². The Hall–Kier alpha value is -2.64. The van der Waals surface area contributed by atoms with E-state index in [1.807, 2.05) is 13.8 Å². The van der Waals surface area contributed by atoms with Gasteiger partial charge >= 0.3 is 5.97 Å². The summed E-state index contributed by atoms with van der Waals surface area (Å²) < 4.78 is 4.73. The van der Waals surface area contributed by atoms with E-state index in [0.717, 1.165) is 0 Å². The minimum absolute atomic E-state index is 0.0565. The number of benzene rings is 2. The summed E-state index contributed by atoms with van der Waals surface area (Å²) in [5.74, 6) is -0.488. The molecule has 0 spiro atoms. The van der Waals surface area contributed by atoms with E-state index < -0.39 is 28.5 Å². The third-order valence-corrected chi connectivity index (χ3v) is 5.34. The molecule has 0 radical (unpaired) electrons. The van der Waals surface area contributed by atoms with Gasteiger partial charge in [-0.1, -0.05) is 31.5 Å². The molecule has 1 heterocycles. The third kappa shape index (κ3) is 3.24. The number of carbonyl (C=O) groups is 1. The Labute approximate surface area is 161 Å². The Bertz CT molecular complexity index is 928. The molecule has 0 saturated carbocycles. The molecule has 2 atom stereocenters. The number of nitro groups is 1. The normalized spacial score (nSPS) is 20.3. The smallest absolute Gasteiger partial charge is 0.337 e. The minimum atomic E-state index is -0.905. The lowest BCUT2D eigenvalue weighted by Gasteiger charge is -2.44. The van der Waals surface area contributed by atoms with Crippen LogP contribution in [0, 0.1) is 15.5 Å².